The van der Waals surface area contributed by atoms with Crippen molar-refractivity contribution in [3.8, 4) is 5.69 Å². The molecule has 2 aromatic carbocycles. The summed E-state index contributed by atoms with van der Waals surface area (Å²) in [6.07, 6.45) is 0.639. The monoisotopic (exact) mass is 307 g/mol. The summed E-state index contributed by atoms with van der Waals surface area (Å²) in [6, 6.07) is 18.4. The number of aliphatic imine (C=N–C) groups is 1. The van der Waals surface area contributed by atoms with Gasteiger partial charge in [0, 0.05) is 11.6 Å². The highest BCUT2D eigenvalue weighted by Crippen LogP contribution is 2.22. The zero-order valence-corrected chi connectivity index (χ0v) is 13.2. The molecule has 3 nitrogen and oxygen atoms in total. The zero-order chi connectivity index (χ0) is 16.2. The summed E-state index contributed by atoms with van der Waals surface area (Å²) in [5, 5.41) is 4.50. The molecule has 1 aromatic heterocycles. The van der Waals surface area contributed by atoms with E-state index < -0.39 is 0 Å². The Balaban J connectivity index is 2.10. The van der Waals surface area contributed by atoms with Gasteiger partial charge in [-0.05, 0) is 31.5 Å². The Labute approximate surface area is 135 Å². The molecule has 0 spiro atoms. The molecule has 0 N–H and O–H groups in total. The van der Waals surface area contributed by atoms with Crippen molar-refractivity contribution in [3.05, 3.63) is 77.7 Å². The van der Waals surface area contributed by atoms with Crippen LogP contribution in [0.25, 0.3) is 5.69 Å². The molecule has 0 saturated carbocycles. The summed E-state index contributed by atoms with van der Waals surface area (Å²) in [6.45, 7) is 3.90. The van der Waals surface area contributed by atoms with Gasteiger partial charge in [-0.15, -0.1) is 0 Å². The maximum absolute atomic E-state index is 14.1. The molecule has 0 atom stereocenters. The highest BCUT2D eigenvalue weighted by Gasteiger charge is 2.11. The summed E-state index contributed by atoms with van der Waals surface area (Å²) in [7, 11) is 0. The van der Waals surface area contributed by atoms with E-state index in [0.29, 0.717) is 23.5 Å². The van der Waals surface area contributed by atoms with E-state index in [-0.39, 0.29) is 5.82 Å². The molecular formula is C19H18FN3. The van der Waals surface area contributed by atoms with E-state index in [0.717, 1.165) is 11.4 Å². The lowest BCUT2D eigenvalue weighted by Crippen LogP contribution is -2.03. The number of nitrogens with zero attached hydrogens (tertiary/aromatic N) is 3. The molecule has 0 unspecified atom stereocenters. The van der Waals surface area contributed by atoms with Crippen molar-refractivity contribution >= 4 is 11.5 Å². The van der Waals surface area contributed by atoms with E-state index in [1.165, 1.54) is 6.07 Å². The first kappa shape index (κ1) is 15.2. The maximum atomic E-state index is 14.1. The quantitative estimate of drug-likeness (QED) is 0.634. The van der Waals surface area contributed by atoms with Gasteiger partial charge in [-0.1, -0.05) is 43.3 Å². The summed E-state index contributed by atoms with van der Waals surface area (Å²) >= 11 is 0. The van der Waals surface area contributed by atoms with Crippen LogP contribution in [0.4, 0.5) is 10.2 Å². The summed E-state index contributed by atoms with van der Waals surface area (Å²) in [4.78, 5) is 4.68. The van der Waals surface area contributed by atoms with Crippen LogP contribution in [0, 0.1) is 12.7 Å². The van der Waals surface area contributed by atoms with Gasteiger partial charge < -0.3 is 0 Å². The van der Waals surface area contributed by atoms with Crippen LogP contribution >= 0.6 is 0 Å². The van der Waals surface area contributed by atoms with E-state index in [1.54, 1.807) is 16.8 Å². The lowest BCUT2D eigenvalue weighted by Gasteiger charge is -2.08. The SMILES string of the molecule is CCC(=Nc1cc(C)nn1-c1ccccc1)c1ccccc1F. The average Bonchev–Trinajstić information content (AvgIpc) is 2.95. The van der Waals surface area contributed by atoms with E-state index in [1.807, 2.05) is 56.3 Å². The Morgan fingerprint density at radius 2 is 1.78 bits per heavy atom. The van der Waals surface area contributed by atoms with Crippen molar-refractivity contribution in [3.63, 3.8) is 0 Å². The van der Waals surface area contributed by atoms with Gasteiger partial charge in [0.1, 0.15) is 5.82 Å². The van der Waals surface area contributed by atoms with E-state index >= 15 is 0 Å². The van der Waals surface area contributed by atoms with Gasteiger partial charge in [-0.2, -0.15) is 5.10 Å². The minimum absolute atomic E-state index is 0.254. The second-order valence-corrected chi connectivity index (χ2v) is 5.28. The molecule has 3 rings (SSSR count). The molecule has 1 heterocycles. The number of hydrogen-bond donors (Lipinski definition) is 0. The molecule has 3 aromatic rings. The number of aromatic nitrogens is 2. The van der Waals surface area contributed by atoms with Gasteiger partial charge in [0.15, 0.2) is 5.82 Å². The van der Waals surface area contributed by atoms with E-state index in [2.05, 4.69) is 10.1 Å². The van der Waals surface area contributed by atoms with Gasteiger partial charge in [-0.3, -0.25) is 0 Å². The van der Waals surface area contributed by atoms with E-state index in [9.17, 15) is 4.39 Å². The van der Waals surface area contributed by atoms with Crippen LogP contribution in [-0.4, -0.2) is 15.5 Å². The third kappa shape index (κ3) is 3.21. The van der Waals surface area contributed by atoms with Gasteiger partial charge >= 0.3 is 0 Å². The topological polar surface area (TPSA) is 30.2 Å². The molecule has 0 radical (unpaired) electrons. The molecule has 0 aliphatic rings. The van der Waals surface area contributed by atoms with Crippen molar-refractivity contribution in [1.29, 1.82) is 0 Å². The largest absolute Gasteiger partial charge is 0.233 e. The minimum atomic E-state index is -0.254. The number of rotatable bonds is 4. The molecule has 4 heteroatoms. The molecule has 116 valence electrons. The predicted octanol–water partition coefficient (Wildman–Crippen LogP) is 4.85. The minimum Gasteiger partial charge on any atom is -0.233 e. The molecule has 0 bridgehead atoms. The fourth-order valence-electron chi connectivity index (χ4n) is 2.49. The number of benzene rings is 2. The lowest BCUT2D eigenvalue weighted by molar-refractivity contribution is 0.625. The third-order valence-electron chi connectivity index (χ3n) is 3.58. The molecule has 0 fully saturated rings. The van der Waals surface area contributed by atoms with E-state index in [4.69, 9.17) is 0 Å². The Morgan fingerprint density at radius 3 is 2.48 bits per heavy atom. The Morgan fingerprint density at radius 1 is 1.09 bits per heavy atom. The summed E-state index contributed by atoms with van der Waals surface area (Å²) in [5.74, 6) is 0.449. The number of halogens is 1. The van der Waals surface area contributed by atoms with Crippen molar-refractivity contribution in [2.45, 2.75) is 20.3 Å². The molecular weight excluding hydrogens is 289 g/mol. The van der Waals surface area contributed by atoms with Gasteiger partial charge in [0.2, 0.25) is 0 Å². The first-order valence-electron chi connectivity index (χ1n) is 7.63. The maximum Gasteiger partial charge on any atom is 0.156 e. The number of aryl methyl sites for hydroxylation is 1. The smallest absolute Gasteiger partial charge is 0.156 e. The van der Waals surface area contributed by atoms with Crippen molar-refractivity contribution in [1.82, 2.24) is 9.78 Å². The zero-order valence-electron chi connectivity index (χ0n) is 13.2. The van der Waals surface area contributed by atoms with Crippen LogP contribution in [0.5, 0.6) is 0 Å². The predicted molar refractivity (Wildman–Crippen MR) is 91.2 cm³/mol. The second kappa shape index (κ2) is 6.57. The van der Waals surface area contributed by atoms with Crippen LogP contribution in [-0.2, 0) is 0 Å². The van der Waals surface area contributed by atoms with Crippen molar-refractivity contribution < 1.29 is 4.39 Å². The normalized spacial score (nSPS) is 11.7. The van der Waals surface area contributed by atoms with Crippen LogP contribution < -0.4 is 0 Å². The molecule has 0 saturated heterocycles. The Bertz CT molecular complexity index is 835. The molecule has 0 amide bonds. The highest BCUT2D eigenvalue weighted by atomic mass is 19.1. The second-order valence-electron chi connectivity index (χ2n) is 5.28. The average molecular weight is 307 g/mol. The Kier molecular flexibility index (Phi) is 4.33. The fraction of sp³-hybridized carbons (Fsp3) is 0.158. The lowest BCUT2D eigenvalue weighted by atomic mass is 10.1. The first-order chi connectivity index (χ1) is 11.2. The Hall–Kier alpha value is -2.75. The van der Waals surface area contributed by atoms with Crippen LogP contribution in [0.3, 0.4) is 0 Å². The highest BCUT2D eigenvalue weighted by molar-refractivity contribution is 6.02. The number of hydrogen-bond acceptors (Lipinski definition) is 2. The van der Waals surface area contributed by atoms with Gasteiger partial charge in [0.25, 0.3) is 0 Å². The fourth-order valence-corrected chi connectivity index (χ4v) is 2.49. The molecule has 23 heavy (non-hydrogen) atoms. The van der Waals surface area contributed by atoms with Crippen molar-refractivity contribution in [2.75, 3.05) is 0 Å². The van der Waals surface area contributed by atoms with Crippen LogP contribution in [0.15, 0.2) is 65.7 Å². The van der Waals surface area contributed by atoms with Gasteiger partial charge in [-0.25, -0.2) is 14.1 Å². The van der Waals surface area contributed by atoms with Crippen LogP contribution in [0.1, 0.15) is 24.6 Å². The first-order valence-corrected chi connectivity index (χ1v) is 7.63. The molecule has 0 aliphatic carbocycles. The summed E-state index contributed by atoms with van der Waals surface area (Å²) in [5.41, 5.74) is 3.05. The number of para-hydroxylation sites is 1. The van der Waals surface area contributed by atoms with Crippen molar-refractivity contribution in [2.24, 2.45) is 4.99 Å². The third-order valence-corrected chi connectivity index (χ3v) is 3.58. The standard InChI is InChI=1S/C19H18FN3/c1-3-18(16-11-7-8-12-17(16)20)21-19-13-14(2)22-23(19)15-9-5-4-6-10-15/h4-13H,3H2,1-2H3. The summed E-state index contributed by atoms with van der Waals surface area (Å²) < 4.78 is 15.8. The molecule has 0 aliphatic heterocycles. The van der Waals surface area contributed by atoms with Crippen LogP contribution in [0.2, 0.25) is 0 Å². The van der Waals surface area contributed by atoms with Gasteiger partial charge in [0.05, 0.1) is 17.1 Å².